The Morgan fingerprint density at radius 1 is 1.16 bits per heavy atom. The Morgan fingerprint density at radius 3 is 2.64 bits per heavy atom. The molecule has 0 aliphatic rings. The van der Waals surface area contributed by atoms with Crippen LogP contribution in [0.25, 0.3) is 11.3 Å². The van der Waals surface area contributed by atoms with E-state index in [4.69, 9.17) is 23.2 Å². The van der Waals surface area contributed by atoms with E-state index in [1.165, 1.54) is 11.3 Å². The van der Waals surface area contributed by atoms with Gasteiger partial charge in [-0.2, -0.15) is 0 Å². The molecule has 3 rings (SSSR count). The molecule has 0 aliphatic carbocycles. The highest BCUT2D eigenvalue weighted by Gasteiger charge is 2.08. The Morgan fingerprint density at radius 2 is 1.92 bits per heavy atom. The molecule has 1 amide bonds. The lowest BCUT2D eigenvalue weighted by Crippen LogP contribution is -2.08. The standard InChI is InChI=1S/C18H15Cl2N3OS/c1-2-17(24)21-13-6-3-11(4-7-13)16-10-25-18(23-16)22-15-9-12(19)5-8-14(15)20/h3-10H,2H2,1H3,(H,21,24)(H,22,23). The van der Waals surface area contributed by atoms with Crippen LogP contribution >= 0.6 is 34.5 Å². The van der Waals surface area contributed by atoms with Gasteiger partial charge in [-0.1, -0.05) is 42.3 Å². The summed E-state index contributed by atoms with van der Waals surface area (Å²) in [5.41, 5.74) is 3.30. The number of hydrogen-bond donors (Lipinski definition) is 2. The molecule has 0 unspecified atom stereocenters. The average molecular weight is 392 g/mol. The maximum Gasteiger partial charge on any atom is 0.224 e. The molecule has 0 spiro atoms. The van der Waals surface area contributed by atoms with Crippen molar-refractivity contribution in [1.82, 2.24) is 4.98 Å². The van der Waals surface area contributed by atoms with E-state index in [1.54, 1.807) is 18.2 Å². The molecule has 4 nitrogen and oxygen atoms in total. The molecular formula is C18H15Cl2N3OS. The number of hydrogen-bond acceptors (Lipinski definition) is 4. The minimum atomic E-state index is -0.00806. The molecule has 2 aromatic carbocycles. The van der Waals surface area contributed by atoms with E-state index in [-0.39, 0.29) is 5.91 Å². The van der Waals surface area contributed by atoms with Crippen LogP contribution in [0.4, 0.5) is 16.5 Å². The number of halogens is 2. The lowest BCUT2D eigenvalue weighted by molar-refractivity contribution is -0.115. The molecule has 0 fully saturated rings. The predicted octanol–water partition coefficient (Wildman–Crippen LogP) is 6.21. The van der Waals surface area contributed by atoms with E-state index in [0.717, 1.165) is 22.1 Å². The Hall–Kier alpha value is -2.08. The van der Waals surface area contributed by atoms with Crippen LogP contribution < -0.4 is 10.6 Å². The highest BCUT2D eigenvalue weighted by molar-refractivity contribution is 7.14. The van der Waals surface area contributed by atoms with Crippen molar-refractivity contribution in [2.24, 2.45) is 0 Å². The van der Waals surface area contributed by atoms with E-state index in [1.807, 2.05) is 36.6 Å². The molecule has 7 heteroatoms. The van der Waals surface area contributed by atoms with Gasteiger partial charge in [-0.15, -0.1) is 11.3 Å². The van der Waals surface area contributed by atoms with Crippen molar-refractivity contribution in [3.05, 3.63) is 57.9 Å². The molecule has 0 bridgehead atoms. The van der Waals surface area contributed by atoms with E-state index in [2.05, 4.69) is 15.6 Å². The number of thiazole rings is 1. The summed E-state index contributed by atoms with van der Waals surface area (Å²) < 4.78 is 0. The number of anilines is 3. The van der Waals surface area contributed by atoms with Crippen molar-refractivity contribution in [2.75, 3.05) is 10.6 Å². The molecule has 0 saturated carbocycles. The van der Waals surface area contributed by atoms with Gasteiger partial charge in [-0.3, -0.25) is 4.79 Å². The van der Waals surface area contributed by atoms with Gasteiger partial charge in [-0.05, 0) is 30.3 Å². The number of nitrogens with zero attached hydrogens (tertiary/aromatic N) is 1. The molecule has 0 aliphatic heterocycles. The molecule has 0 atom stereocenters. The first-order chi connectivity index (χ1) is 12.0. The summed E-state index contributed by atoms with van der Waals surface area (Å²) in [6, 6.07) is 12.8. The zero-order valence-electron chi connectivity index (χ0n) is 13.3. The molecular weight excluding hydrogens is 377 g/mol. The van der Waals surface area contributed by atoms with E-state index in [9.17, 15) is 4.79 Å². The van der Waals surface area contributed by atoms with Crippen LogP contribution in [0.5, 0.6) is 0 Å². The summed E-state index contributed by atoms with van der Waals surface area (Å²) in [7, 11) is 0. The molecule has 0 radical (unpaired) electrons. The quantitative estimate of drug-likeness (QED) is 0.543. The Kier molecular flexibility index (Phi) is 5.58. The van der Waals surface area contributed by atoms with Gasteiger partial charge in [0.05, 0.1) is 16.4 Å². The normalized spacial score (nSPS) is 10.5. The molecule has 25 heavy (non-hydrogen) atoms. The average Bonchev–Trinajstić information content (AvgIpc) is 3.07. The minimum absolute atomic E-state index is 0.00806. The number of rotatable bonds is 5. The van der Waals surface area contributed by atoms with Gasteiger partial charge in [0.25, 0.3) is 0 Å². The molecule has 2 N–H and O–H groups in total. The van der Waals surface area contributed by atoms with Crippen molar-refractivity contribution in [1.29, 1.82) is 0 Å². The predicted molar refractivity (Wildman–Crippen MR) is 106 cm³/mol. The highest BCUT2D eigenvalue weighted by Crippen LogP contribution is 2.32. The van der Waals surface area contributed by atoms with Gasteiger partial charge in [0.2, 0.25) is 5.91 Å². The van der Waals surface area contributed by atoms with Gasteiger partial charge in [-0.25, -0.2) is 4.98 Å². The second-order valence-corrected chi connectivity index (χ2v) is 6.97. The van der Waals surface area contributed by atoms with Crippen LogP contribution in [-0.2, 0) is 4.79 Å². The lowest BCUT2D eigenvalue weighted by Gasteiger charge is -2.06. The molecule has 128 valence electrons. The number of carbonyl (C=O) groups excluding carboxylic acids is 1. The monoisotopic (exact) mass is 391 g/mol. The van der Waals surface area contributed by atoms with Crippen LogP contribution in [0, 0.1) is 0 Å². The Balaban J connectivity index is 1.75. The Labute approximate surface area is 159 Å². The third-order valence-corrected chi connectivity index (χ3v) is 4.78. The first-order valence-corrected chi connectivity index (χ1v) is 9.26. The summed E-state index contributed by atoms with van der Waals surface area (Å²) in [6.07, 6.45) is 0.453. The van der Waals surface area contributed by atoms with Gasteiger partial charge >= 0.3 is 0 Å². The maximum absolute atomic E-state index is 11.4. The van der Waals surface area contributed by atoms with Crippen LogP contribution in [0.1, 0.15) is 13.3 Å². The Bertz CT molecular complexity index is 894. The fourth-order valence-corrected chi connectivity index (χ4v) is 3.21. The molecule has 0 saturated heterocycles. The first kappa shape index (κ1) is 17.7. The molecule has 1 aromatic heterocycles. The largest absolute Gasteiger partial charge is 0.330 e. The second kappa shape index (κ2) is 7.87. The topological polar surface area (TPSA) is 54.0 Å². The van der Waals surface area contributed by atoms with Crippen LogP contribution in [-0.4, -0.2) is 10.9 Å². The number of benzene rings is 2. The van der Waals surface area contributed by atoms with Crippen LogP contribution in [0.15, 0.2) is 47.8 Å². The van der Waals surface area contributed by atoms with Crippen molar-refractivity contribution < 1.29 is 4.79 Å². The van der Waals surface area contributed by atoms with E-state index in [0.29, 0.717) is 22.2 Å². The molecule has 3 aromatic rings. The number of aromatic nitrogens is 1. The lowest BCUT2D eigenvalue weighted by atomic mass is 10.1. The minimum Gasteiger partial charge on any atom is -0.330 e. The first-order valence-electron chi connectivity index (χ1n) is 7.63. The SMILES string of the molecule is CCC(=O)Nc1ccc(-c2csc(Nc3cc(Cl)ccc3Cl)n2)cc1. The number of amides is 1. The third-order valence-electron chi connectivity index (χ3n) is 3.46. The van der Waals surface area contributed by atoms with E-state index < -0.39 is 0 Å². The summed E-state index contributed by atoms with van der Waals surface area (Å²) in [6.45, 7) is 1.82. The molecule has 1 heterocycles. The van der Waals surface area contributed by atoms with E-state index >= 15 is 0 Å². The van der Waals surface area contributed by atoms with Gasteiger partial charge < -0.3 is 10.6 Å². The van der Waals surface area contributed by atoms with Crippen molar-refractivity contribution in [3.8, 4) is 11.3 Å². The zero-order valence-corrected chi connectivity index (χ0v) is 15.7. The van der Waals surface area contributed by atoms with Crippen molar-refractivity contribution in [2.45, 2.75) is 13.3 Å². The third kappa shape index (κ3) is 4.51. The summed E-state index contributed by atoms with van der Waals surface area (Å²) >= 11 is 13.6. The number of carbonyl (C=O) groups is 1. The van der Waals surface area contributed by atoms with Crippen molar-refractivity contribution >= 4 is 57.0 Å². The smallest absolute Gasteiger partial charge is 0.224 e. The maximum atomic E-state index is 11.4. The zero-order chi connectivity index (χ0) is 17.8. The highest BCUT2D eigenvalue weighted by atomic mass is 35.5. The fourth-order valence-electron chi connectivity index (χ4n) is 2.15. The van der Waals surface area contributed by atoms with Crippen LogP contribution in [0.2, 0.25) is 10.0 Å². The summed E-state index contributed by atoms with van der Waals surface area (Å²) in [5.74, 6) is -0.00806. The van der Waals surface area contributed by atoms with Gasteiger partial charge in [0.1, 0.15) is 0 Å². The van der Waals surface area contributed by atoms with Crippen LogP contribution in [0.3, 0.4) is 0 Å². The van der Waals surface area contributed by atoms with Crippen molar-refractivity contribution in [3.63, 3.8) is 0 Å². The van der Waals surface area contributed by atoms with Gasteiger partial charge in [0.15, 0.2) is 5.13 Å². The fraction of sp³-hybridized carbons (Fsp3) is 0.111. The second-order valence-electron chi connectivity index (χ2n) is 5.27. The van der Waals surface area contributed by atoms with Gasteiger partial charge in [0, 0.05) is 28.1 Å². The summed E-state index contributed by atoms with van der Waals surface area (Å²) in [5, 5.41) is 9.87. The number of nitrogens with one attached hydrogen (secondary N) is 2. The summed E-state index contributed by atoms with van der Waals surface area (Å²) in [4.78, 5) is 16.0.